The van der Waals surface area contributed by atoms with E-state index in [1.54, 1.807) is 11.8 Å². The van der Waals surface area contributed by atoms with Crippen molar-refractivity contribution in [1.29, 1.82) is 5.26 Å². The van der Waals surface area contributed by atoms with Crippen molar-refractivity contribution < 1.29 is 0 Å². The zero-order valence-electron chi connectivity index (χ0n) is 10.2. The van der Waals surface area contributed by atoms with Gasteiger partial charge in [0.15, 0.2) is 0 Å². The highest BCUT2D eigenvalue weighted by atomic mass is 32.2. The Kier molecular flexibility index (Phi) is 3.93. The third-order valence-corrected chi connectivity index (χ3v) is 3.89. The number of hydrogen-bond donors (Lipinski definition) is 1. The second-order valence-electron chi connectivity index (χ2n) is 4.39. The summed E-state index contributed by atoms with van der Waals surface area (Å²) in [5.74, 6) is 0. The van der Waals surface area contributed by atoms with Gasteiger partial charge in [-0.25, -0.2) is 0 Å². The standard InChI is InChI=1S/C13H17N3S/c1-16-7-6-10(9-16)15-12-4-3-5-13(17-2)11(12)8-14/h3-5,10,15H,6-7,9H2,1-2H3. The molecule has 1 N–H and O–H groups in total. The van der Waals surface area contributed by atoms with Crippen molar-refractivity contribution in [2.45, 2.75) is 17.4 Å². The first-order valence-electron chi connectivity index (χ1n) is 5.76. The quantitative estimate of drug-likeness (QED) is 0.833. The highest BCUT2D eigenvalue weighted by Gasteiger charge is 2.20. The maximum Gasteiger partial charge on any atom is 0.102 e. The van der Waals surface area contributed by atoms with Gasteiger partial charge in [0.1, 0.15) is 6.07 Å². The lowest BCUT2D eigenvalue weighted by Gasteiger charge is -2.16. The molecule has 0 saturated carbocycles. The third-order valence-electron chi connectivity index (χ3n) is 3.11. The van der Waals surface area contributed by atoms with Crippen molar-refractivity contribution in [2.75, 3.05) is 31.7 Å². The molecule has 3 nitrogen and oxygen atoms in total. The highest BCUT2D eigenvalue weighted by molar-refractivity contribution is 7.98. The number of rotatable bonds is 3. The molecular formula is C13H17N3S. The van der Waals surface area contributed by atoms with E-state index in [0.717, 1.165) is 35.7 Å². The zero-order chi connectivity index (χ0) is 12.3. The number of thioether (sulfide) groups is 1. The van der Waals surface area contributed by atoms with Crippen LogP contribution in [0.15, 0.2) is 23.1 Å². The molecule has 1 aliphatic heterocycles. The molecule has 0 radical (unpaired) electrons. The molecule has 4 heteroatoms. The monoisotopic (exact) mass is 247 g/mol. The third kappa shape index (κ3) is 2.74. The Morgan fingerprint density at radius 1 is 1.53 bits per heavy atom. The van der Waals surface area contributed by atoms with Gasteiger partial charge in [0, 0.05) is 17.5 Å². The smallest absolute Gasteiger partial charge is 0.102 e. The van der Waals surface area contributed by atoms with Gasteiger partial charge in [-0.3, -0.25) is 0 Å². The van der Waals surface area contributed by atoms with Crippen LogP contribution in [0.5, 0.6) is 0 Å². The number of hydrogen-bond acceptors (Lipinski definition) is 4. The van der Waals surface area contributed by atoms with E-state index in [0.29, 0.717) is 6.04 Å². The first kappa shape index (κ1) is 12.3. The Balaban J connectivity index is 2.18. The van der Waals surface area contributed by atoms with E-state index < -0.39 is 0 Å². The molecule has 1 aliphatic rings. The van der Waals surface area contributed by atoms with E-state index in [1.165, 1.54) is 0 Å². The summed E-state index contributed by atoms with van der Waals surface area (Å²) in [6.07, 6.45) is 3.15. The van der Waals surface area contributed by atoms with E-state index in [2.05, 4.69) is 23.3 Å². The van der Waals surface area contributed by atoms with Gasteiger partial charge in [0.05, 0.1) is 11.3 Å². The van der Waals surface area contributed by atoms with Gasteiger partial charge in [-0.05, 0) is 38.4 Å². The molecule has 1 atom stereocenters. The Bertz CT molecular complexity index is 439. The molecule has 0 aromatic heterocycles. The van der Waals surface area contributed by atoms with Gasteiger partial charge < -0.3 is 10.2 Å². The van der Waals surface area contributed by atoms with Crippen molar-refractivity contribution in [2.24, 2.45) is 0 Å². The van der Waals surface area contributed by atoms with Crippen LogP contribution >= 0.6 is 11.8 Å². The van der Waals surface area contributed by atoms with Crippen molar-refractivity contribution in [1.82, 2.24) is 4.90 Å². The van der Waals surface area contributed by atoms with E-state index in [1.807, 2.05) is 24.5 Å². The molecule has 1 unspecified atom stereocenters. The van der Waals surface area contributed by atoms with Crippen LogP contribution in [0.4, 0.5) is 5.69 Å². The largest absolute Gasteiger partial charge is 0.380 e. The zero-order valence-corrected chi connectivity index (χ0v) is 11.0. The number of likely N-dealkylation sites (N-methyl/N-ethyl adjacent to an activating group) is 1. The lowest BCUT2D eigenvalue weighted by molar-refractivity contribution is 0.414. The van der Waals surface area contributed by atoms with Crippen LogP contribution in [0.25, 0.3) is 0 Å². The summed E-state index contributed by atoms with van der Waals surface area (Å²) in [5.41, 5.74) is 1.74. The van der Waals surface area contributed by atoms with Gasteiger partial charge in [-0.1, -0.05) is 6.07 Å². The molecule has 0 amide bonds. The van der Waals surface area contributed by atoms with E-state index in [4.69, 9.17) is 0 Å². The summed E-state index contributed by atoms with van der Waals surface area (Å²) in [6, 6.07) is 8.77. The maximum absolute atomic E-state index is 9.24. The number of anilines is 1. The average Bonchev–Trinajstić information content (AvgIpc) is 2.74. The van der Waals surface area contributed by atoms with Gasteiger partial charge in [-0.15, -0.1) is 11.8 Å². The number of nitrogens with zero attached hydrogens (tertiary/aromatic N) is 2. The molecule has 17 heavy (non-hydrogen) atoms. The number of likely N-dealkylation sites (tertiary alicyclic amines) is 1. The molecule has 1 aromatic rings. The molecule has 2 rings (SSSR count). The van der Waals surface area contributed by atoms with Crippen LogP contribution in [0, 0.1) is 11.3 Å². The molecule has 1 saturated heterocycles. The molecule has 0 bridgehead atoms. The Labute approximate surface area is 107 Å². The number of nitrogens with one attached hydrogen (secondary N) is 1. The topological polar surface area (TPSA) is 39.1 Å². The van der Waals surface area contributed by atoms with Crippen molar-refractivity contribution in [3.63, 3.8) is 0 Å². The molecular weight excluding hydrogens is 230 g/mol. The van der Waals surface area contributed by atoms with Gasteiger partial charge in [0.2, 0.25) is 0 Å². The lowest BCUT2D eigenvalue weighted by Crippen LogP contribution is -2.23. The van der Waals surface area contributed by atoms with Crippen molar-refractivity contribution in [3.8, 4) is 6.07 Å². The highest BCUT2D eigenvalue weighted by Crippen LogP contribution is 2.27. The van der Waals surface area contributed by atoms with Crippen LogP contribution in [-0.2, 0) is 0 Å². The van der Waals surface area contributed by atoms with E-state index in [9.17, 15) is 5.26 Å². The van der Waals surface area contributed by atoms with Crippen molar-refractivity contribution >= 4 is 17.4 Å². The van der Waals surface area contributed by atoms with Gasteiger partial charge in [-0.2, -0.15) is 5.26 Å². The summed E-state index contributed by atoms with van der Waals surface area (Å²) in [7, 11) is 2.13. The molecule has 90 valence electrons. The van der Waals surface area contributed by atoms with Crippen molar-refractivity contribution in [3.05, 3.63) is 23.8 Å². The summed E-state index contributed by atoms with van der Waals surface area (Å²) >= 11 is 1.62. The fraction of sp³-hybridized carbons (Fsp3) is 0.462. The summed E-state index contributed by atoms with van der Waals surface area (Å²) < 4.78 is 0. The summed E-state index contributed by atoms with van der Waals surface area (Å²) in [5, 5.41) is 12.7. The van der Waals surface area contributed by atoms with E-state index >= 15 is 0 Å². The number of nitriles is 1. The Morgan fingerprint density at radius 3 is 2.94 bits per heavy atom. The molecule has 1 fully saturated rings. The summed E-state index contributed by atoms with van der Waals surface area (Å²) in [4.78, 5) is 3.35. The predicted molar refractivity (Wildman–Crippen MR) is 72.5 cm³/mol. The van der Waals surface area contributed by atoms with E-state index in [-0.39, 0.29) is 0 Å². The molecule has 1 aromatic carbocycles. The SMILES string of the molecule is CSc1cccc(NC2CCN(C)C2)c1C#N. The molecule has 0 aliphatic carbocycles. The first-order chi connectivity index (χ1) is 8.24. The minimum Gasteiger partial charge on any atom is -0.380 e. The Morgan fingerprint density at radius 2 is 2.35 bits per heavy atom. The fourth-order valence-electron chi connectivity index (χ4n) is 2.21. The van der Waals surface area contributed by atoms with Gasteiger partial charge in [0.25, 0.3) is 0 Å². The normalized spacial score (nSPS) is 20.2. The van der Waals surface area contributed by atoms with Gasteiger partial charge >= 0.3 is 0 Å². The second kappa shape index (κ2) is 5.44. The maximum atomic E-state index is 9.24. The van der Waals surface area contributed by atoms with Crippen LogP contribution in [-0.4, -0.2) is 37.3 Å². The first-order valence-corrected chi connectivity index (χ1v) is 6.99. The number of benzene rings is 1. The predicted octanol–water partition coefficient (Wildman–Crippen LogP) is 2.40. The van der Waals surface area contributed by atoms with Crippen LogP contribution in [0.1, 0.15) is 12.0 Å². The summed E-state index contributed by atoms with van der Waals surface area (Å²) in [6.45, 7) is 2.18. The minimum atomic E-state index is 0.462. The minimum absolute atomic E-state index is 0.462. The lowest BCUT2D eigenvalue weighted by atomic mass is 10.1. The molecule has 0 spiro atoms. The average molecular weight is 247 g/mol. The van der Waals surface area contributed by atoms with Crippen LogP contribution < -0.4 is 5.32 Å². The fourth-order valence-corrected chi connectivity index (χ4v) is 2.78. The molecule has 1 heterocycles. The second-order valence-corrected chi connectivity index (χ2v) is 5.23. The Hall–Kier alpha value is -1.18. The van der Waals surface area contributed by atoms with Crippen LogP contribution in [0.3, 0.4) is 0 Å². The van der Waals surface area contributed by atoms with Crippen LogP contribution in [0.2, 0.25) is 0 Å².